The van der Waals surface area contributed by atoms with Gasteiger partial charge in [0.2, 0.25) is 11.8 Å². The Balaban J connectivity index is 1.50. The molecule has 1 aliphatic heterocycles. The molecule has 1 saturated heterocycles. The molecule has 0 saturated carbocycles. The number of nitrogens with zero attached hydrogens (tertiary/aromatic N) is 1. The minimum absolute atomic E-state index is 0.113. The Morgan fingerprint density at radius 3 is 2.89 bits per heavy atom. The second-order valence-electron chi connectivity index (χ2n) is 6.61. The van der Waals surface area contributed by atoms with E-state index in [0.29, 0.717) is 5.69 Å². The minimum Gasteiger partial charge on any atom is -0.497 e. The summed E-state index contributed by atoms with van der Waals surface area (Å²) in [4.78, 5) is 28.8. The van der Waals surface area contributed by atoms with Crippen molar-refractivity contribution in [3.8, 4) is 5.75 Å². The number of amides is 2. The molecule has 1 aromatic carbocycles. The van der Waals surface area contributed by atoms with E-state index in [-0.39, 0.29) is 29.8 Å². The predicted molar refractivity (Wildman–Crippen MR) is 110 cm³/mol. The van der Waals surface area contributed by atoms with Gasteiger partial charge >= 0.3 is 0 Å². The first-order valence-corrected chi connectivity index (χ1v) is 10.1. The van der Waals surface area contributed by atoms with Crippen LogP contribution in [-0.4, -0.2) is 35.4 Å². The van der Waals surface area contributed by atoms with Gasteiger partial charge < -0.3 is 15.4 Å². The normalized spacial score (nSPS) is 21.6. The van der Waals surface area contributed by atoms with Gasteiger partial charge in [-0.1, -0.05) is 12.1 Å². The lowest BCUT2D eigenvalue weighted by Crippen LogP contribution is -2.59. The number of anilines is 1. The Bertz CT molecular complexity index is 818. The summed E-state index contributed by atoms with van der Waals surface area (Å²) in [5.41, 5.74) is 1.54. The van der Waals surface area contributed by atoms with Gasteiger partial charge in [0.1, 0.15) is 11.2 Å². The zero-order valence-corrected chi connectivity index (χ0v) is 16.7. The Labute approximate surface area is 168 Å². The van der Waals surface area contributed by atoms with Gasteiger partial charge in [-0.25, -0.2) is 0 Å². The number of methoxy groups -OCH3 is 1. The third-order valence-electron chi connectivity index (χ3n) is 4.53. The van der Waals surface area contributed by atoms with E-state index in [1.165, 1.54) is 0 Å². The van der Waals surface area contributed by atoms with Crippen LogP contribution < -0.4 is 20.7 Å². The van der Waals surface area contributed by atoms with Crippen molar-refractivity contribution < 1.29 is 14.3 Å². The molecule has 2 amide bonds. The average Bonchev–Trinajstić information content (AvgIpc) is 2.70. The number of hydrogen-bond donors (Lipinski definition) is 3. The summed E-state index contributed by atoms with van der Waals surface area (Å²) >= 11 is 1.59. The number of nitrogens with one attached hydrogen (secondary N) is 3. The van der Waals surface area contributed by atoms with E-state index in [4.69, 9.17) is 4.74 Å². The van der Waals surface area contributed by atoms with E-state index in [2.05, 4.69) is 20.9 Å². The zero-order valence-electron chi connectivity index (χ0n) is 15.8. The summed E-state index contributed by atoms with van der Waals surface area (Å²) in [6.07, 6.45) is 3.33. The van der Waals surface area contributed by atoms with Crippen molar-refractivity contribution in [2.24, 2.45) is 5.92 Å². The highest BCUT2D eigenvalue weighted by Crippen LogP contribution is 2.23. The Hall–Kier alpha value is -2.58. The van der Waals surface area contributed by atoms with Crippen LogP contribution in [0.2, 0.25) is 0 Å². The molecule has 8 heteroatoms. The lowest BCUT2D eigenvalue weighted by Gasteiger charge is -2.35. The van der Waals surface area contributed by atoms with Crippen LogP contribution in [0, 0.1) is 5.92 Å². The van der Waals surface area contributed by atoms with Gasteiger partial charge in [0.25, 0.3) is 0 Å². The van der Waals surface area contributed by atoms with Crippen molar-refractivity contribution in [1.29, 1.82) is 0 Å². The van der Waals surface area contributed by atoms with Crippen LogP contribution in [0.1, 0.15) is 18.9 Å². The fourth-order valence-corrected chi connectivity index (χ4v) is 4.06. The highest BCUT2D eigenvalue weighted by atomic mass is 32.2. The molecule has 2 heterocycles. The molecule has 7 nitrogen and oxygen atoms in total. The number of benzene rings is 1. The first kappa shape index (κ1) is 20.2. The second kappa shape index (κ2) is 9.57. The maximum Gasteiger partial charge on any atom is 0.227 e. The molecule has 1 fully saturated rings. The number of ether oxygens (including phenoxy) is 1. The standard InChI is InChI=1S/C20H24N4O3S/c1-13-17(10-18(25)23-15-6-4-8-21-11-15)19(26)24-20(22-13)28-12-14-5-3-7-16(9-14)27-2/h3-9,11,13,17,20,22H,10,12H2,1-2H3,(H,23,25)(H,24,26). The summed E-state index contributed by atoms with van der Waals surface area (Å²) in [5, 5.41) is 9.10. The third kappa shape index (κ3) is 5.46. The van der Waals surface area contributed by atoms with Crippen molar-refractivity contribution in [1.82, 2.24) is 15.6 Å². The number of aromatic nitrogens is 1. The lowest BCUT2D eigenvalue weighted by atomic mass is 9.94. The van der Waals surface area contributed by atoms with Crippen molar-refractivity contribution >= 4 is 29.3 Å². The predicted octanol–water partition coefficient (Wildman–Crippen LogP) is 2.36. The molecule has 28 heavy (non-hydrogen) atoms. The molecule has 0 bridgehead atoms. The molecule has 0 radical (unpaired) electrons. The van der Waals surface area contributed by atoms with Crippen LogP contribution in [0.25, 0.3) is 0 Å². The molecule has 1 aliphatic rings. The van der Waals surface area contributed by atoms with Crippen LogP contribution in [0.4, 0.5) is 5.69 Å². The first-order valence-electron chi connectivity index (χ1n) is 9.06. The smallest absolute Gasteiger partial charge is 0.227 e. The molecule has 3 atom stereocenters. The first-order chi connectivity index (χ1) is 13.5. The van der Waals surface area contributed by atoms with Crippen LogP contribution in [0.3, 0.4) is 0 Å². The highest BCUT2D eigenvalue weighted by molar-refractivity contribution is 7.99. The molecule has 0 spiro atoms. The summed E-state index contributed by atoms with van der Waals surface area (Å²) < 4.78 is 5.24. The number of carbonyl (C=O) groups is 2. The molecule has 148 valence electrons. The van der Waals surface area contributed by atoms with Gasteiger partial charge in [-0.3, -0.25) is 19.9 Å². The van der Waals surface area contributed by atoms with Crippen molar-refractivity contribution in [2.75, 3.05) is 12.4 Å². The van der Waals surface area contributed by atoms with Crippen LogP contribution in [-0.2, 0) is 15.3 Å². The Morgan fingerprint density at radius 1 is 1.32 bits per heavy atom. The van der Waals surface area contributed by atoms with Crippen molar-refractivity contribution in [2.45, 2.75) is 30.6 Å². The Kier molecular flexibility index (Phi) is 6.89. The fourth-order valence-electron chi connectivity index (χ4n) is 3.01. The van der Waals surface area contributed by atoms with E-state index in [0.717, 1.165) is 17.1 Å². The SMILES string of the molecule is COc1cccc(CSC2NC(=O)C(CC(=O)Nc3cccnc3)C(C)N2)c1. The molecule has 3 unspecified atom stereocenters. The largest absolute Gasteiger partial charge is 0.497 e. The Morgan fingerprint density at radius 2 is 2.18 bits per heavy atom. The van der Waals surface area contributed by atoms with Crippen molar-refractivity contribution in [3.05, 3.63) is 54.4 Å². The molecule has 1 aromatic heterocycles. The molecule has 2 aromatic rings. The highest BCUT2D eigenvalue weighted by Gasteiger charge is 2.34. The summed E-state index contributed by atoms with van der Waals surface area (Å²) in [5.74, 6) is 0.797. The van der Waals surface area contributed by atoms with Crippen LogP contribution in [0.5, 0.6) is 5.75 Å². The minimum atomic E-state index is -0.426. The summed E-state index contributed by atoms with van der Waals surface area (Å²) in [6, 6.07) is 11.2. The van der Waals surface area contributed by atoms with Gasteiger partial charge in [0.15, 0.2) is 0 Å². The summed E-state index contributed by atoms with van der Waals surface area (Å²) in [6.45, 7) is 1.93. The van der Waals surface area contributed by atoms with Crippen molar-refractivity contribution in [3.63, 3.8) is 0 Å². The van der Waals surface area contributed by atoms with Gasteiger partial charge in [-0.2, -0.15) is 0 Å². The maximum absolute atomic E-state index is 12.5. The maximum atomic E-state index is 12.5. The number of pyridine rings is 1. The van der Waals surface area contributed by atoms with Gasteiger partial charge in [0, 0.05) is 24.4 Å². The average molecular weight is 401 g/mol. The number of rotatable bonds is 7. The second-order valence-corrected chi connectivity index (χ2v) is 7.70. The number of hydrogen-bond acceptors (Lipinski definition) is 6. The fraction of sp³-hybridized carbons (Fsp3) is 0.350. The van der Waals surface area contributed by atoms with Crippen LogP contribution >= 0.6 is 11.8 Å². The molecule has 0 aliphatic carbocycles. The lowest BCUT2D eigenvalue weighted by molar-refractivity contribution is -0.131. The van der Waals surface area contributed by atoms with E-state index < -0.39 is 5.92 Å². The number of carbonyl (C=O) groups excluding carboxylic acids is 2. The van der Waals surface area contributed by atoms with Crippen LogP contribution in [0.15, 0.2) is 48.8 Å². The van der Waals surface area contributed by atoms with E-state index >= 15 is 0 Å². The molecular weight excluding hydrogens is 376 g/mol. The monoisotopic (exact) mass is 400 g/mol. The zero-order chi connectivity index (χ0) is 19.9. The van der Waals surface area contributed by atoms with Gasteiger partial charge in [-0.15, -0.1) is 11.8 Å². The molecular formula is C20H24N4O3S. The summed E-state index contributed by atoms with van der Waals surface area (Å²) in [7, 11) is 1.64. The third-order valence-corrected chi connectivity index (χ3v) is 5.62. The molecule has 3 N–H and O–H groups in total. The van der Waals surface area contributed by atoms with Gasteiger partial charge in [-0.05, 0) is 36.8 Å². The topological polar surface area (TPSA) is 92.3 Å². The number of thioether (sulfide) groups is 1. The van der Waals surface area contributed by atoms with E-state index in [1.54, 1.807) is 43.4 Å². The van der Waals surface area contributed by atoms with E-state index in [1.807, 2.05) is 31.2 Å². The van der Waals surface area contributed by atoms with Gasteiger partial charge in [0.05, 0.1) is 24.9 Å². The van der Waals surface area contributed by atoms with E-state index in [9.17, 15) is 9.59 Å². The molecule has 3 rings (SSSR count). The quantitative estimate of drug-likeness (QED) is 0.661.